The Morgan fingerprint density at radius 2 is 1.77 bits per heavy atom. The highest BCUT2D eigenvalue weighted by atomic mass is 35.5. The second-order valence-corrected chi connectivity index (χ2v) is 6.62. The van der Waals surface area contributed by atoms with Gasteiger partial charge in [0.05, 0.1) is 24.5 Å². The highest BCUT2D eigenvalue weighted by molar-refractivity contribution is 6.34. The van der Waals surface area contributed by atoms with E-state index < -0.39 is 22.9 Å². The maximum absolute atomic E-state index is 12.9. The lowest BCUT2D eigenvalue weighted by Crippen LogP contribution is -2.42. The number of halogens is 2. The molecule has 8 nitrogen and oxygen atoms in total. The molecule has 2 heterocycles. The van der Waals surface area contributed by atoms with Crippen LogP contribution in [0.4, 0.5) is 0 Å². The molecule has 0 amide bonds. The Kier molecular flexibility index (Phi) is 5.47. The van der Waals surface area contributed by atoms with Crippen molar-refractivity contribution in [1.29, 1.82) is 0 Å². The van der Waals surface area contributed by atoms with Gasteiger partial charge in [0, 0.05) is 29.7 Å². The molecule has 0 spiro atoms. The van der Waals surface area contributed by atoms with Crippen molar-refractivity contribution in [3.05, 3.63) is 60.3 Å². The van der Waals surface area contributed by atoms with E-state index >= 15 is 0 Å². The van der Waals surface area contributed by atoms with Gasteiger partial charge in [-0.2, -0.15) is 0 Å². The van der Waals surface area contributed by atoms with E-state index in [0.717, 1.165) is 4.57 Å². The Labute approximate surface area is 157 Å². The number of carboxylic acids is 1. The molecule has 138 valence electrons. The number of nitrogens with one attached hydrogen (secondary N) is 1. The zero-order chi connectivity index (χ0) is 18.8. The van der Waals surface area contributed by atoms with Crippen molar-refractivity contribution in [2.24, 2.45) is 0 Å². The van der Waals surface area contributed by atoms with Gasteiger partial charge in [0.25, 0.3) is 5.56 Å². The highest BCUT2D eigenvalue weighted by Gasteiger charge is 2.23. The van der Waals surface area contributed by atoms with Crippen LogP contribution in [0.1, 0.15) is 16.1 Å². The quantitative estimate of drug-likeness (QED) is 0.803. The van der Waals surface area contributed by atoms with Gasteiger partial charge in [-0.15, -0.1) is 0 Å². The van der Waals surface area contributed by atoms with E-state index in [1.54, 1.807) is 0 Å². The van der Waals surface area contributed by atoms with Crippen LogP contribution >= 0.6 is 23.2 Å². The Morgan fingerprint density at radius 1 is 1.15 bits per heavy atom. The molecule has 1 aliphatic heterocycles. The number of aromatic carboxylic acids is 1. The Hall–Kier alpha value is -2.13. The minimum Gasteiger partial charge on any atom is -0.477 e. The van der Waals surface area contributed by atoms with Crippen molar-refractivity contribution in [2.75, 3.05) is 26.3 Å². The van der Waals surface area contributed by atoms with Gasteiger partial charge in [0.1, 0.15) is 5.69 Å². The van der Waals surface area contributed by atoms with Crippen molar-refractivity contribution < 1.29 is 14.6 Å². The lowest BCUT2D eigenvalue weighted by molar-refractivity contribution is 0.0336. The molecule has 0 aliphatic carbocycles. The highest BCUT2D eigenvalue weighted by Crippen LogP contribution is 2.20. The Morgan fingerprint density at radius 3 is 2.35 bits per heavy atom. The molecule has 1 fully saturated rings. The smallest absolute Gasteiger partial charge is 0.352 e. The fraction of sp³-hybridized carbons (Fsp3) is 0.312. The third kappa shape index (κ3) is 3.83. The molecule has 0 radical (unpaired) electrons. The van der Waals surface area contributed by atoms with Crippen LogP contribution in [0.3, 0.4) is 0 Å². The number of morpholine rings is 1. The molecule has 2 N–H and O–H groups in total. The Bertz CT molecular complexity index is 943. The summed E-state index contributed by atoms with van der Waals surface area (Å²) in [6.07, 6.45) is 0. The van der Waals surface area contributed by atoms with Crippen LogP contribution < -0.4 is 11.2 Å². The molecular weight excluding hydrogens is 385 g/mol. The van der Waals surface area contributed by atoms with Crippen LogP contribution in [0, 0.1) is 0 Å². The minimum absolute atomic E-state index is 0.0184. The van der Waals surface area contributed by atoms with Crippen molar-refractivity contribution in [1.82, 2.24) is 14.5 Å². The molecule has 10 heteroatoms. The first-order valence-corrected chi connectivity index (χ1v) is 8.50. The summed E-state index contributed by atoms with van der Waals surface area (Å²) in [5.41, 5.74) is -1.88. The largest absolute Gasteiger partial charge is 0.477 e. The summed E-state index contributed by atoms with van der Waals surface area (Å²) in [5.74, 6) is -1.38. The molecular formula is C16H15Cl2N3O5. The van der Waals surface area contributed by atoms with Crippen LogP contribution in [0.5, 0.6) is 0 Å². The number of benzene rings is 1. The number of hydrogen-bond acceptors (Lipinski definition) is 5. The SMILES string of the molecule is O=C(O)c1[nH]c(=O)n(-c2cc(Cl)cc(Cl)c2)c(=O)c1CN1CCOCC1. The second-order valence-electron chi connectivity index (χ2n) is 5.75. The van der Waals surface area contributed by atoms with Crippen molar-refractivity contribution in [2.45, 2.75) is 6.54 Å². The number of carboxylic acid groups (broad SMARTS) is 1. The van der Waals surface area contributed by atoms with E-state index in [2.05, 4.69) is 4.98 Å². The van der Waals surface area contributed by atoms with Crippen LogP contribution in [0.15, 0.2) is 27.8 Å². The number of carbonyl (C=O) groups is 1. The topological polar surface area (TPSA) is 105 Å². The van der Waals surface area contributed by atoms with E-state index in [-0.39, 0.29) is 27.8 Å². The summed E-state index contributed by atoms with van der Waals surface area (Å²) in [5, 5.41) is 9.88. The first-order valence-electron chi connectivity index (χ1n) is 7.75. The summed E-state index contributed by atoms with van der Waals surface area (Å²) in [6, 6.07) is 4.28. The standard InChI is InChI=1S/C16H15Cl2N3O5/c17-9-5-10(18)7-11(6-9)21-14(22)12(8-20-1-3-26-4-2-20)13(15(23)24)19-16(21)25/h5-7H,1-4,8H2,(H,19,25)(H,23,24). The number of rotatable bonds is 4. The molecule has 26 heavy (non-hydrogen) atoms. The molecule has 0 atom stereocenters. The first-order chi connectivity index (χ1) is 12.4. The molecule has 0 saturated carbocycles. The fourth-order valence-electron chi connectivity index (χ4n) is 2.79. The fourth-order valence-corrected chi connectivity index (χ4v) is 3.30. The number of ether oxygens (including phenoxy) is 1. The van der Waals surface area contributed by atoms with Gasteiger partial charge in [0.15, 0.2) is 0 Å². The second kappa shape index (κ2) is 7.63. The normalized spacial score (nSPS) is 15.2. The van der Waals surface area contributed by atoms with Crippen molar-refractivity contribution in [3.63, 3.8) is 0 Å². The summed E-state index contributed by atoms with van der Waals surface area (Å²) in [4.78, 5) is 41.0. The summed E-state index contributed by atoms with van der Waals surface area (Å²) < 4.78 is 6.09. The molecule has 1 aromatic carbocycles. The minimum atomic E-state index is -1.38. The predicted molar refractivity (Wildman–Crippen MR) is 95.7 cm³/mol. The lowest BCUT2D eigenvalue weighted by atomic mass is 10.2. The monoisotopic (exact) mass is 399 g/mol. The van der Waals surface area contributed by atoms with E-state index in [9.17, 15) is 19.5 Å². The predicted octanol–water partition coefficient (Wildman–Crippen LogP) is 1.36. The molecule has 1 aliphatic rings. The van der Waals surface area contributed by atoms with Crippen LogP contribution in [0.25, 0.3) is 5.69 Å². The maximum Gasteiger partial charge on any atom is 0.352 e. The molecule has 2 aromatic rings. The average Bonchev–Trinajstić information content (AvgIpc) is 2.57. The van der Waals surface area contributed by atoms with Crippen LogP contribution in [0.2, 0.25) is 10.0 Å². The van der Waals surface area contributed by atoms with Crippen LogP contribution in [-0.4, -0.2) is 51.8 Å². The van der Waals surface area contributed by atoms with Gasteiger partial charge in [-0.1, -0.05) is 23.2 Å². The number of nitrogens with zero attached hydrogens (tertiary/aromatic N) is 2. The van der Waals surface area contributed by atoms with E-state index in [1.165, 1.54) is 18.2 Å². The van der Waals surface area contributed by atoms with E-state index in [4.69, 9.17) is 27.9 Å². The zero-order valence-electron chi connectivity index (χ0n) is 13.5. The maximum atomic E-state index is 12.9. The van der Waals surface area contributed by atoms with Crippen molar-refractivity contribution in [3.8, 4) is 5.69 Å². The molecule has 1 saturated heterocycles. The molecule has 0 unspecified atom stereocenters. The van der Waals surface area contributed by atoms with Crippen molar-refractivity contribution >= 4 is 29.2 Å². The van der Waals surface area contributed by atoms with Gasteiger partial charge in [0.2, 0.25) is 0 Å². The zero-order valence-corrected chi connectivity index (χ0v) is 15.0. The number of aromatic amines is 1. The van der Waals surface area contributed by atoms with Gasteiger partial charge in [-0.25, -0.2) is 14.2 Å². The van der Waals surface area contributed by atoms with E-state index in [1.807, 2.05) is 4.90 Å². The average molecular weight is 400 g/mol. The lowest BCUT2D eigenvalue weighted by Gasteiger charge is -2.26. The molecule has 0 bridgehead atoms. The summed E-state index contributed by atoms with van der Waals surface area (Å²) >= 11 is 11.9. The van der Waals surface area contributed by atoms with Crippen LogP contribution in [-0.2, 0) is 11.3 Å². The third-order valence-electron chi connectivity index (χ3n) is 4.00. The third-order valence-corrected chi connectivity index (χ3v) is 4.44. The molecule has 1 aromatic heterocycles. The number of H-pyrrole nitrogens is 1. The van der Waals surface area contributed by atoms with Gasteiger partial charge >= 0.3 is 11.7 Å². The molecule has 3 rings (SSSR count). The first kappa shape index (κ1) is 18.7. The van der Waals surface area contributed by atoms with Gasteiger partial charge in [-0.3, -0.25) is 9.69 Å². The van der Waals surface area contributed by atoms with E-state index in [0.29, 0.717) is 26.3 Å². The Balaban J connectivity index is 2.17. The van der Waals surface area contributed by atoms with Gasteiger partial charge < -0.3 is 14.8 Å². The van der Waals surface area contributed by atoms with Gasteiger partial charge in [-0.05, 0) is 18.2 Å². The summed E-state index contributed by atoms with van der Waals surface area (Å²) in [7, 11) is 0. The summed E-state index contributed by atoms with van der Waals surface area (Å²) in [6.45, 7) is 2.17. The number of aromatic nitrogens is 2. The number of hydrogen-bond donors (Lipinski definition) is 2.